The van der Waals surface area contributed by atoms with Crippen molar-refractivity contribution >= 4 is 140 Å². The lowest BCUT2D eigenvalue weighted by Gasteiger charge is -2.18. The summed E-state index contributed by atoms with van der Waals surface area (Å²) in [7, 11) is 0. The lowest BCUT2D eigenvalue weighted by atomic mass is 9.85. The van der Waals surface area contributed by atoms with Crippen LogP contribution in [0, 0.1) is 0 Å². The Morgan fingerprint density at radius 1 is 0.104 bits per heavy atom. The van der Waals surface area contributed by atoms with Crippen LogP contribution in [0.15, 0.2) is 526 Å². The number of fused-ring (bicyclic) bond motifs is 14. The van der Waals surface area contributed by atoms with Crippen molar-refractivity contribution in [3.63, 3.8) is 0 Å². The maximum atomic E-state index is 6.55. The fourth-order valence-corrected chi connectivity index (χ4v) is 21.6. The first-order valence-electron chi connectivity index (χ1n) is 46.6. The molecule has 0 aliphatic heterocycles. The first-order valence-corrected chi connectivity index (χ1v) is 46.6. The Morgan fingerprint density at radius 2 is 0.311 bits per heavy atom. The summed E-state index contributed by atoms with van der Waals surface area (Å²) in [5, 5.41) is 30.0. The molecule has 0 bridgehead atoms. The van der Waals surface area contributed by atoms with Gasteiger partial charge in [0.15, 0.2) is 0 Å². The van der Waals surface area contributed by atoms with Gasteiger partial charge < -0.3 is 4.42 Å². The molecule has 1 aromatic heterocycles. The van der Waals surface area contributed by atoms with Gasteiger partial charge in [0.05, 0.1) is 0 Å². The molecule has 0 atom stereocenters. The van der Waals surface area contributed by atoms with Gasteiger partial charge in [0.25, 0.3) is 0 Å². The van der Waals surface area contributed by atoms with Gasteiger partial charge in [-0.05, 0) is 278 Å². The molecule has 1 heteroatoms. The minimum Gasteiger partial charge on any atom is -0.455 e. The number of furan rings is 1. The Balaban J connectivity index is 0.000000108. The van der Waals surface area contributed by atoms with Crippen LogP contribution in [0.3, 0.4) is 0 Å². The van der Waals surface area contributed by atoms with Gasteiger partial charge in [0, 0.05) is 21.9 Å². The van der Waals surface area contributed by atoms with Crippen LogP contribution >= 0.6 is 0 Å². The van der Waals surface area contributed by atoms with Gasteiger partial charge in [0.1, 0.15) is 11.2 Å². The van der Waals surface area contributed by atoms with Crippen LogP contribution in [0.1, 0.15) is 0 Å². The van der Waals surface area contributed by atoms with Crippen LogP contribution in [0.2, 0.25) is 0 Å². The Morgan fingerprint density at radius 3 is 0.644 bits per heavy atom. The molecule has 0 saturated carbocycles. The summed E-state index contributed by atoms with van der Waals surface area (Å²) in [6, 6.07) is 190. The van der Waals surface area contributed by atoms with E-state index in [4.69, 9.17) is 4.42 Å². The third kappa shape index (κ3) is 14.3. The molecule has 0 amide bonds. The molecule has 135 heavy (non-hydrogen) atoms. The van der Waals surface area contributed by atoms with Gasteiger partial charge in [0.2, 0.25) is 0 Å². The van der Waals surface area contributed by atoms with Crippen LogP contribution in [-0.2, 0) is 0 Å². The SMILES string of the molecule is c1cc(-c2cccc(-c3c4ccccc4c(-c4ccc5ccccc5c4)c4ccccc34)c2)cc(-c2cccc3ccccc23)c1.c1cc(-c2cccc(-c3c4ccccc4c(-c4ccc5ccccc5c4)c4ccccc34)c2)cc(-c2cccc3ccccc23)c1.c1cc(-c2cccc3ccccc23)cc(-c2c3ccccc3c(-c3cccc4c3oc3ccccc34)c3ccccc23)c1. The maximum absolute atomic E-state index is 6.55. The highest BCUT2D eigenvalue weighted by molar-refractivity contribution is 6.27. The Labute approximate surface area is 783 Å². The van der Waals surface area contributed by atoms with E-state index in [-0.39, 0.29) is 0 Å². The van der Waals surface area contributed by atoms with Crippen molar-refractivity contribution in [2.75, 3.05) is 0 Å². The minimum absolute atomic E-state index is 0.917. The fourth-order valence-electron chi connectivity index (χ4n) is 21.6. The van der Waals surface area contributed by atoms with E-state index < -0.39 is 0 Å². The predicted octanol–water partition coefficient (Wildman–Crippen LogP) is 38.0. The average molecular weight is 1710 g/mol. The molecule has 0 aliphatic carbocycles. The van der Waals surface area contributed by atoms with Crippen molar-refractivity contribution in [1.29, 1.82) is 0 Å². The molecule has 27 rings (SSSR count). The zero-order chi connectivity index (χ0) is 89.2. The molecule has 0 aliphatic rings. The van der Waals surface area contributed by atoms with Crippen LogP contribution in [0.4, 0.5) is 0 Å². The quantitative estimate of drug-likeness (QED) is 0.118. The Hall–Kier alpha value is -17.6. The number of hydrogen-bond acceptors (Lipinski definition) is 1. The number of benzene rings is 26. The predicted molar refractivity (Wildman–Crippen MR) is 579 cm³/mol. The van der Waals surface area contributed by atoms with E-state index in [0.717, 1.165) is 27.5 Å². The van der Waals surface area contributed by atoms with Crippen molar-refractivity contribution in [3.8, 4) is 122 Å². The van der Waals surface area contributed by atoms with Crippen molar-refractivity contribution in [3.05, 3.63) is 522 Å². The first-order chi connectivity index (χ1) is 67.0. The van der Waals surface area contributed by atoms with Gasteiger partial charge in [-0.1, -0.05) is 473 Å². The second kappa shape index (κ2) is 34.0. The zero-order valence-corrected chi connectivity index (χ0v) is 74.1. The smallest absolute Gasteiger partial charge is 0.143 e. The Bertz CT molecular complexity index is 8860. The summed E-state index contributed by atoms with van der Waals surface area (Å²) in [4.78, 5) is 0. The Kier molecular flexibility index (Phi) is 20.0. The molecule has 0 unspecified atom stereocenters. The minimum atomic E-state index is 0.917. The van der Waals surface area contributed by atoms with Crippen molar-refractivity contribution in [2.45, 2.75) is 0 Å². The third-order valence-electron chi connectivity index (χ3n) is 27.7. The van der Waals surface area contributed by atoms with Gasteiger partial charge in [-0.15, -0.1) is 0 Å². The van der Waals surface area contributed by atoms with E-state index in [1.807, 2.05) is 6.07 Å². The highest BCUT2D eigenvalue weighted by Gasteiger charge is 2.25. The second-order valence-corrected chi connectivity index (χ2v) is 35.4. The molecule has 0 radical (unpaired) electrons. The van der Waals surface area contributed by atoms with E-state index in [9.17, 15) is 0 Å². The average Bonchev–Trinajstić information content (AvgIpc) is 1.45. The summed E-state index contributed by atoms with van der Waals surface area (Å²) in [5.74, 6) is 0. The molecule has 1 heterocycles. The highest BCUT2D eigenvalue weighted by Crippen LogP contribution is 2.51. The van der Waals surface area contributed by atoms with E-state index in [1.165, 1.54) is 235 Å². The van der Waals surface area contributed by atoms with Crippen molar-refractivity contribution in [2.24, 2.45) is 0 Å². The van der Waals surface area contributed by atoms with Crippen LogP contribution in [0.25, 0.3) is 263 Å². The van der Waals surface area contributed by atoms with E-state index in [1.54, 1.807) is 0 Å². The molecular formula is C134H86O. The summed E-state index contributed by atoms with van der Waals surface area (Å²) < 4.78 is 6.55. The molecule has 27 aromatic rings. The van der Waals surface area contributed by atoms with E-state index in [2.05, 4.69) is 516 Å². The molecule has 0 spiro atoms. The molecule has 26 aromatic carbocycles. The van der Waals surface area contributed by atoms with Crippen LogP contribution in [-0.4, -0.2) is 0 Å². The molecule has 628 valence electrons. The standard InChI is InChI=1S/2C46H30.C42H26O/c2*1-2-14-33-29-38(27-26-31(33)12-1)46-43-23-7-5-21-41(43)45(42-22-6-8-24-44(42)46)37-19-10-17-35(30-37)34-16-9-18-36(28-34)40-25-11-15-32-13-3-4-20-39(32)40;1-2-16-30-27(12-1)13-10-22-31(30)28-14-9-15-29(26-28)40-33-18-3-5-20-35(33)41(36-21-6-4-19-34(36)40)38-24-11-23-37-32-17-7-8-25-39(32)43-42(37)38/h2*1-30H;1-26H. The second-order valence-electron chi connectivity index (χ2n) is 35.4. The third-order valence-corrected chi connectivity index (χ3v) is 27.7. The highest BCUT2D eigenvalue weighted by atomic mass is 16.3. The van der Waals surface area contributed by atoms with Crippen molar-refractivity contribution in [1.82, 2.24) is 0 Å². The molecule has 0 fully saturated rings. The van der Waals surface area contributed by atoms with Crippen molar-refractivity contribution < 1.29 is 4.42 Å². The van der Waals surface area contributed by atoms with Gasteiger partial charge in [-0.3, -0.25) is 0 Å². The summed E-state index contributed by atoms with van der Waals surface area (Å²) >= 11 is 0. The zero-order valence-electron chi connectivity index (χ0n) is 74.1. The normalized spacial score (nSPS) is 11.6. The van der Waals surface area contributed by atoms with E-state index in [0.29, 0.717) is 0 Å². The van der Waals surface area contributed by atoms with Gasteiger partial charge in [-0.2, -0.15) is 0 Å². The largest absolute Gasteiger partial charge is 0.455 e. The number of hydrogen-bond donors (Lipinski definition) is 0. The van der Waals surface area contributed by atoms with E-state index >= 15 is 0 Å². The van der Waals surface area contributed by atoms with Gasteiger partial charge >= 0.3 is 0 Å². The topological polar surface area (TPSA) is 13.1 Å². The summed E-state index contributed by atoms with van der Waals surface area (Å²) in [6.45, 7) is 0. The molecular weight excluding hydrogens is 1630 g/mol. The van der Waals surface area contributed by atoms with Crippen LogP contribution in [0.5, 0.6) is 0 Å². The molecule has 0 N–H and O–H groups in total. The summed E-state index contributed by atoms with van der Waals surface area (Å²) in [6.07, 6.45) is 0. The first kappa shape index (κ1) is 79.5. The monoisotopic (exact) mass is 1710 g/mol. The number of para-hydroxylation sites is 2. The summed E-state index contributed by atoms with van der Waals surface area (Å²) in [5.41, 5.74) is 29.1. The fraction of sp³-hybridized carbons (Fsp3) is 0. The van der Waals surface area contributed by atoms with Crippen LogP contribution < -0.4 is 0 Å². The lowest BCUT2D eigenvalue weighted by Crippen LogP contribution is -1.91. The lowest BCUT2D eigenvalue weighted by molar-refractivity contribution is 0.670. The number of rotatable bonds is 11. The molecule has 1 nitrogen and oxygen atoms in total. The van der Waals surface area contributed by atoms with Gasteiger partial charge in [-0.25, -0.2) is 0 Å². The maximum Gasteiger partial charge on any atom is 0.143 e. The molecule has 0 saturated heterocycles.